The fourth-order valence-corrected chi connectivity index (χ4v) is 2.55. The molecule has 0 aliphatic rings. The second-order valence-corrected chi connectivity index (χ2v) is 6.45. The second kappa shape index (κ2) is 8.11. The van der Waals surface area contributed by atoms with Gasteiger partial charge in [0.25, 0.3) is 0 Å². The first-order chi connectivity index (χ1) is 12.6. The number of hydrogen-bond acceptors (Lipinski definition) is 7. The van der Waals surface area contributed by atoms with Crippen molar-refractivity contribution in [3.8, 4) is 0 Å². The first-order valence-electron chi connectivity index (χ1n) is 8.65. The quantitative estimate of drug-likeness (QED) is 0.486. The molecule has 0 aliphatic carbocycles. The van der Waals surface area contributed by atoms with Crippen molar-refractivity contribution >= 4 is 17.2 Å². The number of aliphatic hydroxyl groups excluding tert-OH is 2. The summed E-state index contributed by atoms with van der Waals surface area (Å²) in [5, 5.41) is 38.0. The average Bonchev–Trinajstić information content (AvgIpc) is 3.09. The van der Waals surface area contributed by atoms with Crippen molar-refractivity contribution in [3.63, 3.8) is 0 Å². The molecule has 0 aliphatic heterocycles. The van der Waals surface area contributed by atoms with Crippen LogP contribution in [-0.2, 0) is 6.54 Å². The molecule has 0 radical (unpaired) electrons. The van der Waals surface area contributed by atoms with Crippen LogP contribution in [0.5, 0.6) is 0 Å². The molecule has 3 aromatic rings. The standard InChI is InChI=1S/C18H24N6O2/c1-12(2)17-21-22-18-15(19-9-13-6-4-3-5-7-13)8-16(23-24(17)18)20-10-14(26)11-25/h3-8,12,14,19,25-26H,9-11H2,1-2H3,(H,20,23)/t14-/m0/s1. The molecule has 8 nitrogen and oxygen atoms in total. The van der Waals surface area contributed by atoms with Crippen molar-refractivity contribution in [1.29, 1.82) is 0 Å². The Bertz CT molecular complexity index is 850. The fraction of sp³-hybridized carbons (Fsp3) is 0.389. The van der Waals surface area contributed by atoms with Gasteiger partial charge in [0.1, 0.15) is 5.82 Å². The van der Waals surface area contributed by atoms with Crippen molar-refractivity contribution in [2.75, 3.05) is 23.8 Å². The van der Waals surface area contributed by atoms with Gasteiger partial charge in [-0.2, -0.15) is 4.52 Å². The molecule has 4 N–H and O–H groups in total. The molecule has 0 fully saturated rings. The largest absolute Gasteiger partial charge is 0.394 e. The minimum absolute atomic E-state index is 0.165. The van der Waals surface area contributed by atoms with E-state index in [2.05, 4.69) is 25.9 Å². The zero-order chi connectivity index (χ0) is 18.5. The predicted molar refractivity (Wildman–Crippen MR) is 100 cm³/mol. The SMILES string of the molecule is CC(C)c1nnc2c(NCc3ccccc3)cc(NC[C@H](O)CO)nn12. The van der Waals surface area contributed by atoms with E-state index in [1.807, 2.05) is 50.2 Å². The Balaban J connectivity index is 1.91. The summed E-state index contributed by atoms with van der Waals surface area (Å²) in [6.45, 7) is 4.60. The lowest BCUT2D eigenvalue weighted by molar-refractivity contribution is 0.105. The summed E-state index contributed by atoms with van der Waals surface area (Å²) in [6, 6.07) is 11.9. The number of hydrogen-bond donors (Lipinski definition) is 4. The van der Waals surface area contributed by atoms with Gasteiger partial charge in [0.2, 0.25) is 5.65 Å². The number of benzene rings is 1. The second-order valence-electron chi connectivity index (χ2n) is 6.45. The Morgan fingerprint density at radius 3 is 2.58 bits per heavy atom. The topological polar surface area (TPSA) is 108 Å². The van der Waals surface area contributed by atoms with Crippen molar-refractivity contribution in [3.05, 3.63) is 47.8 Å². The maximum Gasteiger partial charge on any atom is 0.201 e. The molecule has 0 bridgehead atoms. The number of nitrogens with zero attached hydrogens (tertiary/aromatic N) is 4. The highest BCUT2D eigenvalue weighted by molar-refractivity contribution is 5.70. The molecule has 8 heteroatoms. The average molecular weight is 356 g/mol. The van der Waals surface area contributed by atoms with Crippen LogP contribution in [0.25, 0.3) is 5.65 Å². The van der Waals surface area contributed by atoms with Gasteiger partial charge in [-0.25, -0.2) is 0 Å². The Kier molecular flexibility index (Phi) is 5.65. The Hall–Kier alpha value is -2.71. The summed E-state index contributed by atoms with van der Waals surface area (Å²) in [7, 11) is 0. The normalized spacial score (nSPS) is 12.5. The highest BCUT2D eigenvalue weighted by Crippen LogP contribution is 2.22. The lowest BCUT2D eigenvalue weighted by Gasteiger charge is -2.13. The van der Waals surface area contributed by atoms with Crippen LogP contribution in [0.1, 0.15) is 31.2 Å². The van der Waals surface area contributed by atoms with E-state index in [4.69, 9.17) is 5.11 Å². The Morgan fingerprint density at radius 1 is 1.12 bits per heavy atom. The summed E-state index contributed by atoms with van der Waals surface area (Å²) in [6.07, 6.45) is -0.848. The van der Waals surface area contributed by atoms with E-state index in [1.54, 1.807) is 4.52 Å². The van der Waals surface area contributed by atoms with E-state index in [0.717, 1.165) is 17.1 Å². The van der Waals surface area contributed by atoms with Crippen LogP contribution in [0.3, 0.4) is 0 Å². The molecule has 0 spiro atoms. The summed E-state index contributed by atoms with van der Waals surface area (Å²) < 4.78 is 1.71. The molecule has 1 atom stereocenters. The van der Waals surface area contributed by atoms with Gasteiger partial charge in [-0.15, -0.1) is 15.3 Å². The van der Waals surface area contributed by atoms with Crippen LogP contribution in [0.15, 0.2) is 36.4 Å². The third-order valence-electron chi connectivity index (χ3n) is 3.97. The van der Waals surface area contributed by atoms with E-state index < -0.39 is 6.10 Å². The molecule has 0 saturated heterocycles. The van der Waals surface area contributed by atoms with E-state index >= 15 is 0 Å². The molecule has 0 amide bonds. The third-order valence-corrected chi connectivity index (χ3v) is 3.97. The van der Waals surface area contributed by atoms with Gasteiger partial charge in [0.15, 0.2) is 5.82 Å². The monoisotopic (exact) mass is 356 g/mol. The molecule has 0 unspecified atom stereocenters. The number of nitrogens with one attached hydrogen (secondary N) is 2. The van der Waals surface area contributed by atoms with Crippen LogP contribution >= 0.6 is 0 Å². The zero-order valence-corrected chi connectivity index (χ0v) is 14.9. The first kappa shape index (κ1) is 18.1. The first-order valence-corrected chi connectivity index (χ1v) is 8.65. The smallest absolute Gasteiger partial charge is 0.201 e. The van der Waals surface area contributed by atoms with E-state index in [9.17, 15) is 5.11 Å². The van der Waals surface area contributed by atoms with Crippen LogP contribution in [-0.4, -0.2) is 49.3 Å². The van der Waals surface area contributed by atoms with Crippen molar-refractivity contribution < 1.29 is 10.2 Å². The van der Waals surface area contributed by atoms with Crippen LogP contribution in [0, 0.1) is 0 Å². The lowest BCUT2D eigenvalue weighted by atomic mass is 10.2. The molecule has 138 valence electrons. The number of aliphatic hydroxyl groups is 2. The van der Waals surface area contributed by atoms with E-state index in [-0.39, 0.29) is 19.1 Å². The van der Waals surface area contributed by atoms with E-state index in [1.165, 1.54) is 0 Å². The summed E-state index contributed by atoms with van der Waals surface area (Å²) >= 11 is 0. The van der Waals surface area contributed by atoms with Gasteiger partial charge >= 0.3 is 0 Å². The highest BCUT2D eigenvalue weighted by Gasteiger charge is 2.15. The Morgan fingerprint density at radius 2 is 1.88 bits per heavy atom. The predicted octanol–water partition coefficient (Wildman–Crippen LogP) is 1.62. The molecule has 0 saturated carbocycles. The fourth-order valence-electron chi connectivity index (χ4n) is 2.55. The maximum absolute atomic E-state index is 9.57. The van der Waals surface area contributed by atoms with Crippen molar-refractivity contribution in [1.82, 2.24) is 19.8 Å². The van der Waals surface area contributed by atoms with Crippen LogP contribution < -0.4 is 10.6 Å². The Labute approximate surface area is 151 Å². The van der Waals surface area contributed by atoms with E-state index in [0.29, 0.717) is 18.0 Å². The van der Waals surface area contributed by atoms with Gasteiger partial charge in [0.05, 0.1) is 18.4 Å². The van der Waals surface area contributed by atoms with Gasteiger partial charge in [-0.1, -0.05) is 44.2 Å². The molecular weight excluding hydrogens is 332 g/mol. The zero-order valence-electron chi connectivity index (χ0n) is 14.9. The van der Waals surface area contributed by atoms with Gasteiger partial charge in [0, 0.05) is 25.1 Å². The third kappa shape index (κ3) is 4.09. The van der Waals surface area contributed by atoms with Crippen LogP contribution in [0.2, 0.25) is 0 Å². The number of fused-ring (bicyclic) bond motifs is 1. The van der Waals surface area contributed by atoms with Gasteiger partial charge in [-0.3, -0.25) is 0 Å². The molecule has 2 heterocycles. The molecule has 1 aromatic carbocycles. The number of aromatic nitrogens is 4. The summed E-state index contributed by atoms with van der Waals surface area (Å²) in [5.74, 6) is 1.49. The molecular formula is C18H24N6O2. The maximum atomic E-state index is 9.57. The highest BCUT2D eigenvalue weighted by atomic mass is 16.3. The van der Waals surface area contributed by atoms with Crippen molar-refractivity contribution in [2.45, 2.75) is 32.4 Å². The molecule has 2 aromatic heterocycles. The minimum Gasteiger partial charge on any atom is -0.394 e. The van der Waals surface area contributed by atoms with Crippen molar-refractivity contribution in [2.24, 2.45) is 0 Å². The summed E-state index contributed by atoms with van der Waals surface area (Å²) in [4.78, 5) is 0. The molecule has 26 heavy (non-hydrogen) atoms. The number of rotatable bonds is 8. The lowest BCUT2D eigenvalue weighted by Crippen LogP contribution is -2.23. The van der Waals surface area contributed by atoms with Gasteiger partial charge < -0.3 is 20.8 Å². The van der Waals surface area contributed by atoms with Crippen LogP contribution in [0.4, 0.5) is 11.5 Å². The number of anilines is 2. The van der Waals surface area contributed by atoms with Gasteiger partial charge in [-0.05, 0) is 5.56 Å². The molecule has 3 rings (SSSR count). The summed E-state index contributed by atoms with van der Waals surface area (Å²) in [5.41, 5.74) is 2.60. The minimum atomic E-state index is -0.848.